The molecule has 54 valence electrons. The Kier molecular flexibility index (Phi) is 2.05. The maximum atomic E-state index is 9.37. The molecular weight excluding hydrogens is 118 g/mol. The smallest absolute Gasteiger partial charge is 0.0895 e. The molecule has 1 aliphatic rings. The summed E-state index contributed by atoms with van der Waals surface area (Å²) in [5, 5.41) is 20.8. The predicted molar refractivity (Wildman–Crippen MR) is 34.1 cm³/mol. The van der Waals surface area contributed by atoms with Crippen LogP contribution in [0.1, 0.15) is 12.8 Å². The van der Waals surface area contributed by atoms with Gasteiger partial charge in [-0.15, -0.1) is 0 Å². The number of rotatable bonds is 3. The fourth-order valence-electron chi connectivity index (χ4n) is 0.998. The van der Waals surface area contributed by atoms with Crippen molar-refractivity contribution in [2.45, 2.75) is 18.4 Å². The quantitative estimate of drug-likeness (QED) is 0.465. The van der Waals surface area contributed by atoms with Gasteiger partial charge >= 0.3 is 0 Å². The van der Waals surface area contributed by atoms with Crippen molar-refractivity contribution in [2.24, 2.45) is 0 Å². The molecule has 0 aromatic rings. The summed E-state index contributed by atoms with van der Waals surface area (Å²) in [5.41, 5.74) is -0.497. The summed E-state index contributed by atoms with van der Waals surface area (Å²) in [6, 6.07) is 0. The van der Waals surface area contributed by atoms with Crippen molar-refractivity contribution in [3.05, 3.63) is 0 Å². The molecule has 0 aromatic heterocycles. The molecular formula is C6H13NO2. The molecule has 3 heteroatoms. The average molecular weight is 131 g/mol. The fourth-order valence-corrected chi connectivity index (χ4v) is 0.998. The lowest BCUT2D eigenvalue weighted by atomic mass is 9.92. The molecule has 3 nitrogen and oxygen atoms in total. The summed E-state index contributed by atoms with van der Waals surface area (Å²) < 4.78 is 0. The van der Waals surface area contributed by atoms with Crippen molar-refractivity contribution < 1.29 is 10.2 Å². The molecule has 1 fully saturated rings. The summed E-state index contributed by atoms with van der Waals surface area (Å²) in [5.74, 6) is 0. The van der Waals surface area contributed by atoms with Crippen molar-refractivity contribution in [3.8, 4) is 0 Å². The van der Waals surface area contributed by atoms with Crippen molar-refractivity contribution in [3.63, 3.8) is 0 Å². The summed E-state index contributed by atoms with van der Waals surface area (Å²) >= 11 is 0. The second kappa shape index (κ2) is 2.64. The highest BCUT2D eigenvalue weighted by Gasteiger charge is 2.32. The number of β-amino-alcohol motifs (C(OH)–C–C–N with tert-alkyl or cyclic N) is 1. The Bertz CT molecular complexity index is 91.1. The van der Waals surface area contributed by atoms with Gasteiger partial charge in [-0.2, -0.15) is 0 Å². The molecule has 0 aromatic carbocycles. The number of hydrogen-bond acceptors (Lipinski definition) is 3. The van der Waals surface area contributed by atoms with Crippen LogP contribution in [-0.4, -0.2) is 35.5 Å². The summed E-state index contributed by atoms with van der Waals surface area (Å²) in [6.07, 6.45) is 1.43. The first-order chi connectivity index (χ1) is 4.27. The second-order valence-corrected chi connectivity index (χ2v) is 2.66. The Labute approximate surface area is 54.7 Å². The van der Waals surface area contributed by atoms with Crippen LogP contribution in [0, 0.1) is 0 Å². The van der Waals surface area contributed by atoms with E-state index in [0.29, 0.717) is 19.5 Å². The second-order valence-electron chi connectivity index (χ2n) is 2.66. The summed E-state index contributed by atoms with van der Waals surface area (Å²) in [6.45, 7) is 1.56. The molecule has 0 unspecified atom stereocenters. The van der Waals surface area contributed by atoms with Crippen molar-refractivity contribution >= 4 is 0 Å². The van der Waals surface area contributed by atoms with Gasteiger partial charge in [0.15, 0.2) is 0 Å². The van der Waals surface area contributed by atoms with E-state index in [1.54, 1.807) is 0 Å². The fraction of sp³-hybridized carbons (Fsp3) is 1.00. The van der Waals surface area contributed by atoms with Gasteiger partial charge in [-0.05, 0) is 12.8 Å². The standard InChI is InChI=1S/C6H13NO2/c8-3-1-2-6(9)4-7-5-6/h7-9H,1-5H2. The molecule has 0 atom stereocenters. The van der Waals surface area contributed by atoms with E-state index in [0.717, 1.165) is 6.42 Å². The van der Waals surface area contributed by atoms with E-state index in [1.165, 1.54) is 0 Å². The summed E-state index contributed by atoms with van der Waals surface area (Å²) in [7, 11) is 0. The van der Waals surface area contributed by atoms with E-state index in [-0.39, 0.29) is 6.61 Å². The van der Waals surface area contributed by atoms with Crippen LogP contribution in [0.4, 0.5) is 0 Å². The van der Waals surface area contributed by atoms with Gasteiger partial charge in [0.1, 0.15) is 0 Å². The molecule has 0 amide bonds. The number of aliphatic hydroxyl groups excluding tert-OH is 1. The molecule has 0 radical (unpaired) electrons. The minimum Gasteiger partial charge on any atom is -0.396 e. The number of nitrogens with one attached hydrogen (secondary N) is 1. The van der Waals surface area contributed by atoms with E-state index < -0.39 is 5.60 Å². The van der Waals surface area contributed by atoms with Crippen LogP contribution < -0.4 is 5.32 Å². The highest BCUT2D eigenvalue weighted by Crippen LogP contribution is 2.16. The highest BCUT2D eigenvalue weighted by atomic mass is 16.3. The number of aliphatic hydroxyl groups is 2. The van der Waals surface area contributed by atoms with Gasteiger partial charge in [-0.25, -0.2) is 0 Å². The van der Waals surface area contributed by atoms with E-state index in [2.05, 4.69) is 5.32 Å². The molecule has 1 heterocycles. The van der Waals surface area contributed by atoms with Crippen molar-refractivity contribution in [1.29, 1.82) is 0 Å². The molecule has 0 spiro atoms. The Balaban J connectivity index is 2.09. The van der Waals surface area contributed by atoms with Crippen LogP contribution in [0.25, 0.3) is 0 Å². The Morgan fingerprint density at radius 2 is 2.11 bits per heavy atom. The van der Waals surface area contributed by atoms with Gasteiger partial charge < -0.3 is 15.5 Å². The first-order valence-corrected chi connectivity index (χ1v) is 3.31. The lowest BCUT2D eigenvalue weighted by molar-refractivity contribution is -0.0216. The van der Waals surface area contributed by atoms with Crippen LogP contribution in [-0.2, 0) is 0 Å². The maximum Gasteiger partial charge on any atom is 0.0895 e. The first kappa shape index (κ1) is 6.99. The highest BCUT2D eigenvalue weighted by molar-refractivity contribution is 4.91. The molecule has 0 bridgehead atoms. The van der Waals surface area contributed by atoms with E-state index >= 15 is 0 Å². The van der Waals surface area contributed by atoms with Crippen LogP contribution >= 0.6 is 0 Å². The SMILES string of the molecule is OCCCC1(O)CNC1. The first-order valence-electron chi connectivity index (χ1n) is 3.31. The molecule has 3 N–H and O–H groups in total. The van der Waals surface area contributed by atoms with Gasteiger partial charge in [-0.3, -0.25) is 0 Å². The minimum atomic E-state index is -0.497. The lowest BCUT2D eigenvalue weighted by Crippen LogP contribution is -2.59. The van der Waals surface area contributed by atoms with Crippen molar-refractivity contribution in [1.82, 2.24) is 5.32 Å². The number of hydrogen-bond donors (Lipinski definition) is 3. The van der Waals surface area contributed by atoms with Gasteiger partial charge in [0, 0.05) is 19.7 Å². The summed E-state index contributed by atoms with van der Waals surface area (Å²) in [4.78, 5) is 0. The zero-order valence-corrected chi connectivity index (χ0v) is 5.43. The predicted octanol–water partition coefficient (Wildman–Crippen LogP) is -0.907. The topological polar surface area (TPSA) is 52.5 Å². The van der Waals surface area contributed by atoms with Gasteiger partial charge in [-0.1, -0.05) is 0 Å². The molecule has 1 aliphatic heterocycles. The van der Waals surface area contributed by atoms with Gasteiger partial charge in [0.25, 0.3) is 0 Å². The molecule has 1 saturated heterocycles. The third-order valence-corrected chi connectivity index (χ3v) is 1.71. The van der Waals surface area contributed by atoms with E-state index in [4.69, 9.17) is 5.11 Å². The van der Waals surface area contributed by atoms with Crippen LogP contribution in [0.5, 0.6) is 0 Å². The van der Waals surface area contributed by atoms with Crippen molar-refractivity contribution in [2.75, 3.05) is 19.7 Å². The van der Waals surface area contributed by atoms with E-state index in [9.17, 15) is 5.11 Å². The normalized spacial score (nSPS) is 23.3. The molecule has 1 rings (SSSR count). The Morgan fingerprint density at radius 1 is 1.44 bits per heavy atom. The van der Waals surface area contributed by atoms with Gasteiger partial charge in [0.05, 0.1) is 5.60 Å². The zero-order chi connectivity index (χ0) is 6.74. The zero-order valence-electron chi connectivity index (χ0n) is 5.43. The third-order valence-electron chi connectivity index (χ3n) is 1.71. The third kappa shape index (κ3) is 1.64. The Hall–Kier alpha value is -0.120. The van der Waals surface area contributed by atoms with Gasteiger partial charge in [0.2, 0.25) is 0 Å². The average Bonchev–Trinajstić information content (AvgIpc) is 1.79. The van der Waals surface area contributed by atoms with E-state index in [1.807, 2.05) is 0 Å². The maximum absolute atomic E-state index is 9.37. The lowest BCUT2D eigenvalue weighted by Gasteiger charge is -2.37. The molecule has 0 saturated carbocycles. The van der Waals surface area contributed by atoms with Crippen LogP contribution in [0.2, 0.25) is 0 Å². The van der Waals surface area contributed by atoms with Crippen LogP contribution in [0.3, 0.4) is 0 Å². The largest absolute Gasteiger partial charge is 0.396 e. The minimum absolute atomic E-state index is 0.183. The van der Waals surface area contributed by atoms with Crippen LogP contribution in [0.15, 0.2) is 0 Å². The monoisotopic (exact) mass is 131 g/mol. The Morgan fingerprint density at radius 3 is 2.44 bits per heavy atom. The molecule has 0 aliphatic carbocycles. The molecule has 9 heavy (non-hydrogen) atoms.